The number of aliphatic carboxylic acids is 1. The predicted octanol–water partition coefficient (Wildman–Crippen LogP) is 3.43. The van der Waals surface area contributed by atoms with Crippen LogP contribution in [0.4, 0.5) is 0 Å². The second kappa shape index (κ2) is 9.62. The summed E-state index contributed by atoms with van der Waals surface area (Å²) in [5, 5.41) is 12.3. The quantitative estimate of drug-likeness (QED) is 0.673. The molecule has 2 heterocycles. The topological polar surface area (TPSA) is 88.8 Å². The van der Waals surface area contributed by atoms with Gasteiger partial charge in [-0.1, -0.05) is 18.2 Å². The highest BCUT2D eigenvalue weighted by Gasteiger charge is 2.30. The van der Waals surface area contributed by atoms with Crippen molar-refractivity contribution in [2.75, 3.05) is 19.8 Å². The van der Waals surface area contributed by atoms with Gasteiger partial charge in [0.25, 0.3) is 5.91 Å². The number of carboxylic acid groups (broad SMARTS) is 1. The Hall–Kier alpha value is -2.25. The molecule has 0 saturated carbocycles. The SMILES string of the molecule is O=C(NCC(C(=O)O)C1CCOCC1)c1occc1CSc1ccccc1. The molecule has 1 aliphatic heterocycles. The van der Waals surface area contributed by atoms with E-state index in [0.717, 1.165) is 10.5 Å². The van der Waals surface area contributed by atoms with Crippen LogP contribution < -0.4 is 5.32 Å². The van der Waals surface area contributed by atoms with Crippen molar-refractivity contribution in [1.29, 1.82) is 0 Å². The van der Waals surface area contributed by atoms with Gasteiger partial charge in [-0.2, -0.15) is 0 Å². The number of rotatable bonds is 8. The van der Waals surface area contributed by atoms with Crippen molar-refractivity contribution >= 4 is 23.6 Å². The van der Waals surface area contributed by atoms with Crippen LogP contribution in [-0.4, -0.2) is 36.7 Å². The monoisotopic (exact) mass is 389 g/mol. The Bertz CT molecular complexity index is 755. The summed E-state index contributed by atoms with van der Waals surface area (Å²) in [7, 11) is 0. The van der Waals surface area contributed by atoms with Crippen molar-refractivity contribution in [2.45, 2.75) is 23.5 Å². The van der Waals surface area contributed by atoms with E-state index in [1.54, 1.807) is 17.8 Å². The van der Waals surface area contributed by atoms with Gasteiger partial charge in [0.2, 0.25) is 0 Å². The van der Waals surface area contributed by atoms with Crippen LogP contribution >= 0.6 is 11.8 Å². The zero-order valence-corrected chi connectivity index (χ0v) is 15.7. The minimum absolute atomic E-state index is 0.0151. The first-order valence-corrected chi connectivity index (χ1v) is 9.96. The minimum Gasteiger partial charge on any atom is -0.481 e. The van der Waals surface area contributed by atoms with Gasteiger partial charge in [0.1, 0.15) is 0 Å². The Morgan fingerprint density at radius 1 is 1.19 bits per heavy atom. The molecule has 0 radical (unpaired) electrons. The molecule has 2 N–H and O–H groups in total. The Labute approximate surface area is 162 Å². The minimum atomic E-state index is -0.887. The number of thioether (sulfide) groups is 1. The second-order valence-corrected chi connectivity index (χ2v) is 7.53. The first-order chi connectivity index (χ1) is 13.1. The number of nitrogens with one attached hydrogen (secondary N) is 1. The van der Waals surface area contributed by atoms with Gasteiger partial charge in [0.05, 0.1) is 12.2 Å². The summed E-state index contributed by atoms with van der Waals surface area (Å²) in [4.78, 5) is 25.2. The van der Waals surface area contributed by atoms with E-state index in [0.29, 0.717) is 31.8 Å². The van der Waals surface area contributed by atoms with Crippen LogP contribution in [0, 0.1) is 11.8 Å². The highest BCUT2D eigenvalue weighted by atomic mass is 32.2. The summed E-state index contributed by atoms with van der Waals surface area (Å²) in [5.74, 6) is -1.01. The van der Waals surface area contributed by atoms with Crippen molar-refractivity contribution in [1.82, 2.24) is 5.32 Å². The zero-order chi connectivity index (χ0) is 19.1. The molecule has 1 aliphatic rings. The number of hydrogen-bond donors (Lipinski definition) is 2. The average Bonchev–Trinajstić information content (AvgIpc) is 3.16. The number of amides is 1. The van der Waals surface area contributed by atoms with Gasteiger partial charge in [-0.3, -0.25) is 9.59 Å². The third-order valence-corrected chi connectivity index (χ3v) is 5.79. The third kappa shape index (κ3) is 5.37. The first kappa shape index (κ1) is 19.5. The maximum Gasteiger partial charge on any atom is 0.308 e. The molecule has 27 heavy (non-hydrogen) atoms. The second-order valence-electron chi connectivity index (χ2n) is 6.48. The van der Waals surface area contributed by atoms with Gasteiger partial charge in [0.15, 0.2) is 5.76 Å². The number of ether oxygens (including phenoxy) is 1. The molecular formula is C20H23NO5S. The zero-order valence-electron chi connectivity index (χ0n) is 14.9. The molecule has 2 aromatic rings. The van der Waals surface area contributed by atoms with E-state index in [1.807, 2.05) is 30.3 Å². The number of benzene rings is 1. The fourth-order valence-electron chi connectivity index (χ4n) is 3.18. The van der Waals surface area contributed by atoms with E-state index in [1.165, 1.54) is 6.26 Å². The number of hydrogen-bond acceptors (Lipinski definition) is 5. The van der Waals surface area contributed by atoms with Crippen LogP contribution in [0.15, 0.2) is 52.0 Å². The molecule has 1 aromatic heterocycles. The van der Waals surface area contributed by atoms with Crippen LogP contribution in [0.2, 0.25) is 0 Å². The highest BCUT2D eigenvalue weighted by Crippen LogP contribution is 2.26. The van der Waals surface area contributed by atoms with Gasteiger partial charge >= 0.3 is 5.97 Å². The van der Waals surface area contributed by atoms with Crippen LogP contribution in [-0.2, 0) is 15.3 Å². The van der Waals surface area contributed by atoms with Crippen LogP contribution in [0.5, 0.6) is 0 Å². The van der Waals surface area contributed by atoms with Gasteiger partial charge in [0, 0.05) is 36.0 Å². The van der Waals surface area contributed by atoms with Crippen molar-refractivity contribution in [3.8, 4) is 0 Å². The lowest BCUT2D eigenvalue weighted by molar-refractivity contribution is -0.144. The van der Waals surface area contributed by atoms with E-state index >= 15 is 0 Å². The Morgan fingerprint density at radius 3 is 2.63 bits per heavy atom. The molecule has 1 unspecified atom stereocenters. The maximum atomic E-state index is 12.5. The maximum absolute atomic E-state index is 12.5. The fraction of sp³-hybridized carbons (Fsp3) is 0.400. The van der Waals surface area contributed by atoms with E-state index < -0.39 is 11.9 Å². The molecule has 7 heteroatoms. The van der Waals surface area contributed by atoms with Crippen molar-refractivity contribution in [2.24, 2.45) is 11.8 Å². The number of carbonyl (C=O) groups excluding carboxylic acids is 1. The smallest absolute Gasteiger partial charge is 0.308 e. The predicted molar refractivity (Wildman–Crippen MR) is 102 cm³/mol. The van der Waals surface area contributed by atoms with Gasteiger partial charge in [-0.05, 0) is 37.0 Å². The molecule has 1 amide bonds. The normalized spacial score (nSPS) is 16.0. The lowest BCUT2D eigenvalue weighted by atomic mass is 9.86. The first-order valence-electron chi connectivity index (χ1n) is 8.98. The molecule has 1 saturated heterocycles. The summed E-state index contributed by atoms with van der Waals surface area (Å²) in [6, 6.07) is 11.7. The highest BCUT2D eigenvalue weighted by molar-refractivity contribution is 7.98. The van der Waals surface area contributed by atoms with Gasteiger partial charge in [-0.15, -0.1) is 11.8 Å². The average molecular weight is 389 g/mol. The molecule has 3 rings (SSSR count). The van der Waals surface area contributed by atoms with Gasteiger partial charge in [-0.25, -0.2) is 0 Å². The third-order valence-electron chi connectivity index (χ3n) is 4.73. The molecular weight excluding hydrogens is 366 g/mol. The summed E-state index contributed by atoms with van der Waals surface area (Å²) in [6.45, 7) is 1.23. The Kier molecular flexibility index (Phi) is 6.95. The lowest BCUT2D eigenvalue weighted by Gasteiger charge is -2.27. The largest absolute Gasteiger partial charge is 0.481 e. The molecule has 0 bridgehead atoms. The molecule has 6 nitrogen and oxygen atoms in total. The number of carboxylic acids is 1. The van der Waals surface area contributed by atoms with Crippen LogP contribution in [0.1, 0.15) is 29.0 Å². The van der Waals surface area contributed by atoms with E-state index in [2.05, 4.69) is 5.32 Å². The Morgan fingerprint density at radius 2 is 1.93 bits per heavy atom. The summed E-state index contributed by atoms with van der Waals surface area (Å²) >= 11 is 1.61. The molecule has 1 atom stereocenters. The van der Waals surface area contributed by atoms with Crippen LogP contribution in [0.3, 0.4) is 0 Å². The molecule has 144 valence electrons. The Balaban J connectivity index is 1.57. The number of carbonyl (C=O) groups is 2. The standard InChI is InChI=1S/C20H23NO5S/c22-19(21-12-17(20(23)24)14-6-9-25-10-7-14)18-15(8-11-26-18)13-27-16-4-2-1-3-5-16/h1-5,8,11,14,17H,6-7,9-10,12-13H2,(H,21,22)(H,23,24). The lowest BCUT2D eigenvalue weighted by Crippen LogP contribution is -2.39. The van der Waals surface area contributed by atoms with E-state index in [4.69, 9.17) is 9.15 Å². The summed E-state index contributed by atoms with van der Waals surface area (Å²) < 4.78 is 10.7. The van der Waals surface area contributed by atoms with E-state index in [9.17, 15) is 14.7 Å². The summed E-state index contributed by atoms with van der Waals surface area (Å²) in [5.41, 5.74) is 0.791. The summed E-state index contributed by atoms with van der Waals surface area (Å²) in [6.07, 6.45) is 2.89. The molecule has 0 spiro atoms. The van der Waals surface area contributed by atoms with Crippen LogP contribution in [0.25, 0.3) is 0 Å². The number of furan rings is 1. The fourth-order valence-corrected chi connectivity index (χ4v) is 4.08. The molecule has 0 aliphatic carbocycles. The van der Waals surface area contributed by atoms with E-state index in [-0.39, 0.29) is 24.1 Å². The molecule has 1 aromatic carbocycles. The van der Waals surface area contributed by atoms with Gasteiger partial charge < -0.3 is 19.6 Å². The van der Waals surface area contributed by atoms with Crippen molar-refractivity contribution in [3.05, 3.63) is 54.0 Å². The molecule has 1 fully saturated rings. The van der Waals surface area contributed by atoms with Crippen molar-refractivity contribution in [3.63, 3.8) is 0 Å². The van der Waals surface area contributed by atoms with Crippen molar-refractivity contribution < 1.29 is 23.8 Å².